The number of methoxy groups -OCH3 is 1. The number of ether oxygens (including phenoxy) is 4. The number of nitriles is 1. The summed E-state index contributed by atoms with van der Waals surface area (Å²) in [6, 6.07) is 2.28. The quantitative estimate of drug-likeness (QED) is 0.0907. The summed E-state index contributed by atoms with van der Waals surface area (Å²) in [5.41, 5.74) is 6.02. The molecule has 4 aliphatic heterocycles. The van der Waals surface area contributed by atoms with Crippen LogP contribution in [0.2, 0.25) is 0 Å². The molecule has 13 nitrogen and oxygen atoms in total. The molecule has 58 heavy (non-hydrogen) atoms. The molecule has 6 atom stereocenters. The highest BCUT2D eigenvalue weighted by molar-refractivity contribution is 7.46. The molecule has 0 bridgehead atoms. The number of hydrogen-bond acceptors (Lipinski definition) is 11. The normalized spacial score (nSPS) is 29.3. The molecule has 14 heteroatoms. The highest BCUT2D eigenvalue weighted by Crippen LogP contribution is 2.70. The number of rotatable bonds is 10. The van der Waals surface area contributed by atoms with E-state index in [0.717, 1.165) is 11.1 Å². The lowest BCUT2D eigenvalue weighted by molar-refractivity contribution is -0.176. The number of phosphoric acid groups is 1. The predicted octanol–water partition coefficient (Wildman–Crippen LogP) is 7.59. The molecule has 1 aliphatic carbocycles. The molecule has 1 aromatic carbocycles. The van der Waals surface area contributed by atoms with Crippen LogP contribution in [0.25, 0.3) is 11.8 Å². The second-order valence-electron chi connectivity index (χ2n) is 17.4. The Kier molecular flexibility index (Phi) is 10.8. The third-order valence-electron chi connectivity index (χ3n) is 12.6. The van der Waals surface area contributed by atoms with E-state index in [1.807, 2.05) is 67.5 Å². The Morgan fingerprint density at radius 3 is 2.31 bits per heavy atom. The molecular formula is C44H56N3O10P. The summed E-state index contributed by atoms with van der Waals surface area (Å²) in [4.78, 5) is 50.9. The number of benzene rings is 1. The van der Waals surface area contributed by atoms with Gasteiger partial charge in [-0.15, -0.1) is 0 Å². The maximum Gasteiger partial charge on any atom is 0.524 e. The van der Waals surface area contributed by atoms with Crippen molar-refractivity contribution in [2.24, 2.45) is 23.5 Å². The van der Waals surface area contributed by atoms with E-state index >= 15 is 4.79 Å². The average Bonchev–Trinajstić information content (AvgIpc) is 3.31. The first-order valence-electron chi connectivity index (χ1n) is 19.6. The van der Waals surface area contributed by atoms with E-state index < -0.39 is 53.9 Å². The van der Waals surface area contributed by atoms with Crippen molar-refractivity contribution in [3.63, 3.8) is 0 Å². The standard InChI is InChI=1S/C44H56N3O10P/c1-23(2)14-13-19-42(10)20-18-29-35(54-42)28(16-15-24(3)4)36-32(37(29)56-58(50,51)52)34-33-31(30(22-45)39(46)47(34)11)26(6)38(48)43(21-17-25(5)40(49)53-12)44(33,55-36)27(7)41(8,9)57-43/h14-15,17-18,20,26-27,31H,13,16,19,21,46H2,1-12H3,(H2,50,51,52)/b25-17-. The first-order chi connectivity index (χ1) is 26.9. The summed E-state index contributed by atoms with van der Waals surface area (Å²) >= 11 is 0. The second kappa shape index (κ2) is 14.6. The van der Waals surface area contributed by atoms with E-state index in [0.29, 0.717) is 41.0 Å². The Labute approximate surface area is 341 Å². The Balaban J connectivity index is 1.81. The minimum absolute atomic E-state index is 0.0676. The van der Waals surface area contributed by atoms with Crippen LogP contribution in [0.1, 0.15) is 105 Å². The third kappa shape index (κ3) is 6.53. The van der Waals surface area contributed by atoms with E-state index in [1.54, 1.807) is 37.9 Å². The SMILES string of the molecule is COC(=O)/C(C)=C\CC12OC(C)(C)C(C)C13Oc1c(CC=C(C)C)c4c(c(OP(=O)(O)O)c1C1=C3C(C(C#N)=C(N)N1C)C(C)C2=O)C=CC(C)(CCC=C(C)C)O4. The van der Waals surface area contributed by atoms with Crippen molar-refractivity contribution in [2.75, 3.05) is 14.2 Å². The minimum Gasteiger partial charge on any atom is -0.482 e. The lowest BCUT2D eigenvalue weighted by Gasteiger charge is -2.58. The molecule has 0 radical (unpaired) electrons. The fraction of sp³-hybridized carbons (Fsp3) is 0.523. The van der Waals surface area contributed by atoms with Gasteiger partial charge in [0, 0.05) is 47.9 Å². The predicted molar refractivity (Wildman–Crippen MR) is 219 cm³/mol. The fourth-order valence-corrected chi connectivity index (χ4v) is 9.94. The highest BCUT2D eigenvalue weighted by atomic mass is 31.2. The molecule has 4 N–H and O–H groups in total. The van der Waals surface area contributed by atoms with Crippen LogP contribution in [0.4, 0.5) is 0 Å². The van der Waals surface area contributed by atoms with Gasteiger partial charge in [-0.25, -0.2) is 9.36 Å². The van der Waals surface area contributed by atoms with Crippen molar-refractivity contribution in [3.05, 3.63) is 74.7 Å². The molecule has 2 fully saturated rings. The van der Waals surface area contributed by atoms with Crippen LogP contribution in [0.5, 0.6) is 17.2 Å². The molecule has 5 aliphatic rings. The van der Waals surface area contributed by atoms with Gasteiger partial charge in [-0.1, -0.05) is 43.2 Å². The number of allylic oxidation sites excluding steroid dienone is 5. The Morgan fingerprint density at radius 1 is 1.07 bits per heavy atom. The summed E-state index contributed by atoms with van der Waals surface area (Å²) in [7, 11) is -2.32. The van der Waals surface area contributed by atoms with Gasteiger partial charge in [0.1, 0.15) is 22.9 Å². The molecule has 6 rings (SSSR count). The summed E-state index contributed by atoms with van der Waals surface area (Å²) in [6.45, 7) is 18.9. The lowest BCUT2D eigenvalue weighted by atomic mass is 9.52. The molecule has 1 saturated heterocycles. The molecule has 0 aromatic heterocycles. The van der Waals surface area contributed by atoms with Crippen LogP contribution < -0.4 is 19.7 Å². The van der Waals surface area contributed by atoms with Crippen molar-refractivity contribution < 1.29 is 47.4 Å². The van der Waals surface area contributed by atoms with Gasteiger partial charge >= 0.3 is 13.8 Å². The van der Waals surface area contributed by atoms with Crippen LogP contribution in [-0.4, -0.2) is 63.0 Å². The van der Waals surface area contributed by atoms with Gasteiger partial charge in [0.2, 0.25) is 0 Å². The van der Waals surface area contributed by atoms with E-state index in [4.69, 9.17) is 29.2 Å². The average molecular weight is 818 g/mol. The number of phosphoric ester groups is 1. The van der Waals surface area contributed by atoms with Gasteiger partial charge in [0.15, 0.2) is 22.7 Å². The number of carbonyl (C=O) groups excluding carboxylic acids is 2. The van der Waals surface area contributed by atoms with Crippen LogP contribution in [-0.2, 0) is 30.0 Å². The number of nitrogens with zero attached hydrogens (tertiary/aromatic N) is 2. The number of hydrogen-bond donors (Lipinski definition) is 3. The Hall–Kier alpha value is -4.60. The van der Waals surface area contributed by atoms with Crippen molar-refractivity contribution in [1.29, 1.82) is 5.26 Å². The molecule has 1 aromatic rings. The summed E-state index contributed by atoms with van der Waals surface area (Å²) in [5.74, 6) is -2.98. The number of carbonyl (C=O) groups is 2. The van der Waals surface area contributed by atoms with Crippen LogP contribution in [0.15, 0.2) is 58.0 Å². The van der Waals surface area contributed by atoms with E-state index in [9.17, 15) is 24.4 Å². The van der Waals surface area contributed by atoms with Crippen LogP contribution in [0.3, 0.4) is 0 Å². The van der Waals surface area contributed by atoms with Gasteiger partial charge in [-0.05, 0) is 86.8 Å². The van der Waals surface area contributed by atoms with E-state index in [-0.39, 0.29) is 52.7 Å². The van der Waals surface area contributed by atoms with Gasteiger partial charge in [0.05, 0.1) is 41.2 Å². The van der Waals surface area contributed by atoms with Gasteiger partial charge in [-0.3, -0.25) is 14.6 Å². The largest absolute Gasteiger partial charge is 0.524 e. The zero-order valence-electron chi connectivity index (χ0n) is 35.5. The molecule has 0 amide bonds. The van der Waals surface area contributed by atoms with Crippen molar-refractivity contribution in [2.45, 2.75) is 117 Å². The number of Topliss-reactive ketones (excluding diaryl/α,β-unsaturated/α-hetero) is 1. The van der Waals surface area contributed by atoms with Gasteiger partial charge in [-0.2, -0.15) is 5.26 Å². The summed E-state index contributed by atoms with van der Waals surface area (Å²) in [5, 5.41) is 10.7. The third-order valence-corrected chi connectivity index (χ3v) is 13.0. The van der Waals surface area contributed by atoms with Crippen LogP contribution >= 0.6 is 7.82 Å². The molecule has 4 heterocycles. The zero-order chi connectivity index (χ0) is 43.1. The zero-order valence-corrected chi connectivity index (χ0v) is 36.4. The van der Waals surface area contributed by atoms with Gasteiger partial charge < -0.3 is 34.1 Å². The van der Waals surface area contributed by atoms with Gasteiger partial charge in [0.25, 0.3) is 0 Å². The smallest absolute Gasteiger partial charge is 0.482 e. The number of fused-ring (bicyclic) bond motifs is 3. The first kappa shape index (κ1) is 43.0. The molecule has 6 unspecified atom stereocenters. The molecule has 1 saturated carbocycles. The Morgan fingerprint density at radius 2 is 1.72 bits per heavy atom. The van der Waals surface area contributed by atoms with Crippen molar-refractivity contribution >= 4 is 31.3 Å². The molecule has 312 valence electrons. The Bertz CT molecular complexity index is 2260. The maximum atomic E-state index is 15.4. The fourth-order valence-electron chi connectivity index (χ4n) is 9.51. The topological polar surface area (TPSA) is 191 Å². The monoisotopic (exact) mass is 817 g/mol. The van der Waals surface area contributed by atoms with Crippen molar-refractivity contribution in [1.82, 2.24) is 4.90 Å². The molecular weight excluding hydrogens is 761 g/mol. The lowest BCUT2D eigenvalue weighted by Crippen LogP contribution is -2.71. The second-order valence-corrected chi connectivity index (χ2v) is 18.6. The van der Waals surface area contributed by atoms with E-state index in [2.05, 4.69) is 12.1 Å². The highest BCUT2D eigenvalue weighted by Gasteiger charge is 2.79. The first-order valence-corrected chi connectivity index (χ1v) is 21.1. The minimum atomic E-state index is -5.27. The number of nitrogens with two attached hydrogens (primary N) is 1. The number of esters is 1. The summed E-state index contributed by atoms with van der Waals surface area (Å²) in [6.07, 6.45) is 10.9. The van der Waals surface area contributed by atoms with E-state index in [1.165, 1.54) is 7.11 Å². The number of ketones is 1. The van der Waals surface area contributed by atoms with Crippen LogP contribution in [0, 0.1) is 29.1 Å². The van der Waals surface area contributed by atoms with Crippen molar-refractivity contribution in [3.8, 4) is 23.3 Å². The molecule has 1 spiro atoms. The summed E-state index contributed by atoms with van der Waals surface area (Å²) < 4.78 is 45.4. The maximum absolute atomic E-state index is 15.4.